The fraction of sp³-hybridized carbons (Fsp3) is 0.550. The lowest BCUT2D eigenvalue weighted by atomic mass is 9.97. The lowest BCUT2D eigenvalue weighted by Gasteiger charge is -2.19. The van der Waals surface area contributed by atoms with Gasteiger partial charge in [0.25, 0.3) is 0 Å². The van der Waals surface area contributed by atoms with Gasteiger partial charge in [-0.25, -0.2) is 0 Å². The zero-order chi connectivity index (χ0) is 18.6. The van der Waals surface area contributed by atoms with Crippen LogP contribution in [0.1, 0.15) is 37.8 Å². The van der Waals surface area contributed by atoms with E-state index in [1.807, 2.05) is 25.2 Å². The number of halogens is 1. The quantitative estimate of drug-likeness (QED) is 0.257. The number of pyridine rings is 1. The van der Waals surface area contributed by atoms with Gasteiger partial charge in [-0.2, -0.15) is 0 Å². The molecule has 1 heterocycles. The first-order valence-corrected chi connectivity index (χ1v) is 9.45. The van der Waals surface area contributed by atoms with E-state index < -0.39 is 0 Å². The van der Waals surface area contributed by atoms with Gasteiger partial charge < -0.3 is 15.5 Å². The highest BCUT2D eigenvalue weighted by Gasteiger charge is 2.10. The summed E-state index contributed by atoms with van der Waals surface area (Å²) in [6.45, 7) is 1.73. The van der Waals surface area contributed by atoms with Gasteiger partial charge in [0.15, 0.2) is 5.96 Å². The number of likely N-dealkylation sites (N-methyl/N-ethyl adjacent to an activating group) is 1. The molecule has 0 saturated carbocycles. The Morgan fingerprint density at radius 1 is 1.26 bits per heavy atom. The second-order valence-corrected chi connectivity index (χ2v) is 6.60. The van der Waals surface area contributed by atoms with Gasteiger partial charge in [-0.1, -0.05) is 17.7 Å². The molecule has 150 valence electrons. The Kier molecular flexibility index (Phi) is 11.7. The van der Waals surface area contributed by atoms with Crippen molar-refractivity contribution in [1.29, 1.82) is 0 Å². The third-order valence-corrected chi connectivity index (χ3v) is 4.61. The Morgan fingerprint density at radius 3 is 2.78 bits per heavy atom. The molecule has 0 saturated heterocycles. The molecule has 0 bridgehead atoms. The molecule has 1 aromatic rings. The molecule has 7 heteroatoms. The molecule has 0 unspecified atom stereocenters. The second-order valence-electron chi connectivity index (χ2n) is 6.60. The highest BCUT2D eigenvalue weighted by atomic mass is 127. The Bertz CT molecular complexity index is 618. The van der Waals surface area contributed by atoms with Crippen LogP contribution in [0.4, 0.5) is 0 Å². The van der Waals surface area contributed by atoms with E-state index in [9.17, 15) is 4.79 Å². The van der Waals surface area contributed by atoms with E-state index >= 15 is 0 Å². The largest absolute Gasteiger partial charge is 0.356 e. The van der Waals surface area contributed by atoms with Gasteiger partial charge in [-0.15, -0.1) is 24.0 Å². The summed E-state index contributed by atoms with van der Waals surface area (Å²) in [6, 6.07) is 5.83. The molecule has 6 nitrogen and oxygen atoms in total. The maximum absolute atomic E-state index is 12.3. The number of amides is 1. The van der Waals surface area contributed by atoms with Crippen LogP contribution in [0.15, 0.2) is 41.0 Å². The minimum atomic E-state index is 0. The monoisotopic (exact) mass is 485 g/mol. The molecule has 0 aromatic carbocycles. The average molecular weight is 485 g/mol. The van der Waals surface area contributed by atoms with E-state index in [1.54, 1.807) is 18.1 Å². The topological polar surface area (TPSA) is 69.6 Å². The minimum Gasteiger partial charge on any atom is -0.356 e. The summed E-state index contributed by atoms with van der Waals surface area (Å²) < 4.78 is 0. The fourth-order valence-electron chi connectivity index (χ4n) is 2.94. The Morgan fingerprint density at radius 2 is 2.11 bits per heavy atom. The van der Waals surface area contributed by atoms with Crippen LogP contribution in [0.2, 0.25) is 0 Å². The van der Waals surface area contributed by atoms with Crippen LogP contribution in [0, 0.1) is 0 Å². The molecule has 2 N–H and O–H groups in total. The van der Waals surface area contributed by atoms with Crippen molar-refractivity contribution in [2.24, 2.45) is 4.99 Å². The molecule has 1 aromatic heterocycles. The SMILES string of the molecule is CN=C(NCCC1=CCCCC1)NCC(=O)N(C)CCc1ccccn1.I. The van der Waals surface area contributed by atoms with Gasteiger partial charge in [0.1, 0.15) is 0 Å². The van der Waals surface area contributed by atoms with Gasteiger partial charge in [0.2, 0.25) is 5.91 Å². The summed E-state index contributed by atoms with van der Waals surface area (Å²) in [5.41, 5.74) is 2.53. The van der Waals surface area contributed by atoms with E-state index in [2.05, 4.69) is 26.7 Å². The standard InChI is InChI=1S/C20H31N5O.HI/c1-21-20(23-14-11-17-8-4-3-5-9-17)24-16-19(26)25(2)15-12-18-10-6-7-13-22-18;/h6-8,10,13H,3-5,9,11-12,14-16H2,1-2H3,(H2,21,23,24);1H. The van der Waals surface area contributed by atoms with Crippen molar-refractivity contribution in [3.8, 4) is 0 Å². The number of nitrogens with one attached hydrogen (secondary N) is 2. The maximum Gasteiger partial charge on any atom is 0.241 e. The number of carbonyl (C=O) groups excluding carboxylic acids is 1. The third kappa shape index (κ3) is 9.21. The van der Waals surface area contributed by atoms with Gasteiger partial charge in [-0.05, 0) is 44.2 Å². The van der Waals surface area contributed by atoms with Crippen molar-refractivity contribution in [2.75, 3.05) is 33.7 Å². The van der Waals surface area contributed by atoms with Crippen LogP contribution < -0.4 is 10.6 Å². The molecule has 2 rings (SSSR count). The summed E-state index contributed by atoms with van der Waals surface area (Å²) in [4.78, 5) is 22.5. The van der Waals surface area contributed by atoms with Crippen molar-refractivity contribution in [1.82, 2.24) is 20.5 Å². The molecule has 0 spiro atoms. The normalized spacial score (nSPS) is 14.0. The second kappa shape index (κ2) is 13.5. The molecular weight excluding hydrogens is 453 g/mol. The number of hydrogen-bond donors (Lipinski definition) is 2. The van der Waals surface area contributed by atoms with Crippen LogP contribution in [0.25, 0.3) is 0 Å². The number of carbonyl (C=O) groups is 1. The fourth-order valence-corrected chi connectivity index (χ4v) is 2.94. The van der Waals surface area contributed by atoms with Crippen LogP contribution >= 0.6 is 24.0 Å². The van der Waals surface area contributed by atoms with E-state index in [0.717, 1.165) is 25.1 Å². The van der Waals surface area contributed by atoms with Gasteiger partial charge in [-0.3, -0.25) is 14.8 Å². The molecular formula is C20H32IN5O. The lowest BCUT2D eigenvalue weighted by Crippen LogP contribution is -2.44. The van der Waals surface area contributed by atoms with Gasteiger partial charge in [0, 0.05) is 45.5 Å². The van der Waals surface area contributed by atoms with Crippen LogP contribution in [0.3, 0.4) is 0 Å². The Labute approximate surface area is 179 Å². The summed E-state index contributed by atoms with van der Waals surface area (Å²) in [6.07, 6.45) is 11.0. The highest BCUT2D eigenvalue weighted by Crippen LogP contribution is 2.19. The summed E-state index contributed by atoms with van der Waals surface area (Å²) in [7, 11) is 3.54. The molecule has 0 atom stereocenters. The molecule has 0 fully saturated rings. The first kappa shape index (κ1) is 23.4. The highest BCUT2D eigenvalue weighted by molar-refractivity contribution is 14.0. The van der Waals surface area contributed by atoms with Crippen molar-refractivity contribution in [2.45, 2.75) is 38.5 Å². The number of aromatic nitrogens is 1. The van der Waals surface area contributed by atoms with Gasteiger partial charge in [0.05, 0.1) is 6.54 Å². The number of hydrogen-bond acceptors (Lipinski definition) is 3. The first-order valence-electron chi connectivity index (χ1n) is 9.45. The number of aliphatic imine (C=N–C) groups is 1. The molecule has 0 aliphatic heterocycles. The van der Waals surface area contributed by atoms with Crippen LogP contribution in [0.5, 0.6) is 0 Å². The Hall–Kier alpha value is -1.64. The summed E-state index contributed by atoms with van der Waals surface area (Å²) in [5.74, 6) is 0.715. The zero-order valence-electron chi connectivity index (χ0n) is 16.4. The van der Waals surface area contributed by atoms with Crippen molar-refractivity contribution in [3.63, 3.8) is 0 Å². The zero-order valence-corrected chi connectivity index (χ0v) is 18.7. The maximum atomic E-state index is 12.3. The Balaban J connectivity index is 0.00000364. The van der Waals surface area contributed by atoms with E-state index in [-0.39, 0.29) is 36.4 Å². The number of guanidine groups is 1. The smallest absolute Gasteiger partial charge is 0.241 e. The number of rotatable bonds is 8. The predicted octanol–water partition coefficient (Wildman–Crippen LogP) is 2.76. The van der Waals surface area contributed by atoms with Gasteiger partial charge >= 0.3 is 0 Å². The molecule has 1 aliphatic carbocycles. The molecule has 1 aliphatic rings. The number of allylic oxidation sites excluding steroid dienone is 1. The summed E-state index contributed by atoms with van der Waals surface area (Å²) >= 11 is 0. The predicted molar refractivity (Wildman–Crippen MR) is 122 cm³/mol. The van der Waals surface area contributed by atoms with E-state index in [1.165, 1.54) is 31.3 Å². The molecule has 1 amide bonds. The molecule has 27 heavy (non-hydrogen) atoms. The molecule has 0 radical (unpaired) electrons. The first-order chi connectivity index (χ1) is 12.7. The van der Waals surface area contributed by atoms with Crippen molar-refractivity contribution < 1.29 is 4.79 Å². The van der Waals surface area contributed by atoms with Crippen molar-refractivity contribution in [3.05, 3.63) is 41.7 Å². The minimum absolute atomic E-state index is 0. The van der Waals surface area contributed by atoms with Crippen molar-refractivity contribution >= 4 is 35.8 Å². The summed E-state index contributed by atoms with van der Waals surface area (Å²) in [5, 5.41) is 6.38. The van der Waals surface area contributed by atoms with E-state index in [4.69, 9.17) is 0 Å². The third-order valence-electron chi connectivity index (χ3n) is 4.61. The van der Waals surface area contributed by atoms with E-state index in [0.29, 0.717) is 12.5 Å². The lowest BCUT2D eigenvalue weighted by molar-refractivity contribution is -0.128. The average Bonchev–Trinajstić information content (AvgIpc) is 2.70. The van der Waals surface area contributed by atoms with Crippen LogP contribution in [-0.4, -0.2) is 55.5 Å². The van der Waals surface area contributed by atoms with Crippen LogP contribution in [-0.2, 0) is 11.2 Å². The number of nitrogens with zero attached hydrogens (tertiary/aromatic N) is 3.